The summed E-state index contributed by atoms with van der Waals surface area (Å²) in [6, 6.07) is 16.1. The smallest absolute Gasteiger partial charge is 0.194 e. The van der Waals surface area contributed by atoms with E-state index in [0.717, 1.165) is 61.1 Å². The lowest BCUT2D eigenvalue weighted by atomic mass is 10.1. The first-order chi connectivity index (χ1) is 13.2. The molecule has 2 N–H and O–H groups in total. The van der Waals surface area contributed by atoms with Crippen LogP contribution in [0.15, 0.2) is 53.5 Å². The van der Waals surface area contributed by atoms with Gasteiger partial charge in [-0.15, -0.1) is 24.0 Å². The number of guanidine groups is 1. The topological polar surface area (TPSA) is 57.1 Å². The first kappa shape index (κ1) is 22.5. The van der Waals surface area contributed by atoms with Crippen LogP contribution in [0.25, 0.3) is 0 Å². The Balaban J connectivity index is 0.00000280. The number of rotatable bonds is 5. The Morgan fingerprint density at radius 2 is 1.75 bits per heavy atom. The van der Waals surface area contributed by atoms with E-state index < -0.39 is 0 Å². The van der Waals surface area contributed by atoms with E-state index in [4.69, 9.17) is 9.73 Å². The number of likely N-dealkylation sites (tertiary alicyclic amines) is 1. The highest BCUT2D eigenvalue weighted by Crippen LogP contribution is 2.28. The molecule has 0 atom stereocenters. The maximum absolute atomic E-state index is 9.74. The van der Waals surface area contributed by atoms with Crippen molar-refractivity contribution in [3.63, 3.8) is 0 Å². The molecule has 0 saturated carbocycles. The summed E-state index contributed by atoms with van der Waals surface area (Å²) in [5.74, 6) is 2.60. The molecule has 1 aliphatic heterocycles. The summed E-state index contributed by atoms with van der Waals surface area (Å²) < 4.78 is 6.16. The molecule has 0 aromatic heterocycles. The van der Waals surface area contributed by atoms with Crippen molar-refractivity contribution in [3.05, 3.63) is 59.7 Å². The second-order valence-electron chi connectivity index (χ2n) is 6.86. The van der Waals surface area contributed by atoms with E-state index in [0.29, 0.717) is 6.54 Å². The average Bonchev–Trinajstić information content (AvgIpc) is 2.69. The van der Waals surface area contributed by atoms with Crippen LogP contribution in [-0.2, 0) is 6.54 Å². The molecule has 0 amide bonds. The molecule has 2 aromatic carbocycles. The number of nitrogens with one attached hydrogen (secondary N) is 1. The van der Waals surface area contributed by atoms with Crippen molar-refractivity contribution in [2.45, 2.75) is 39.3 Å². The summed E-state index contributed by atoms with van der Waals surface area (Å²) >= 11 is 0. The van der Waals surface area contributed by atoms with Crippen molar-refractivity contribution >= 4 is 29.9 Å². The number of ether oxygens (including phenoxy) is 1. The number of aliphatic imine (C=N–C) groups is 1. The highest BCUT2D eigenvalue weighted by atomic mass is 127. The van der Waals surface area contributed by atoms with E-state index in [2.05, 4.69) is 23.2 Å². The van der Waals surface area contributed by atoms with Gasteiger partial charge in [0.05, 0.1) is 12.6 Å². The fourth-order valence-corrected chi connectivity index (χ4v) is 3.19. The molecule has 1 saturated heterocycles. The standard InChI is InChI=1S/C22H29N3O2.HI/c1-3-23-22(25-14-12-19(26)13-15-25)24-16-18-9-5-7-11-21(18)27-20-10-6-4-8-17(20)2;/h4-11,19,26H,3,12-16H2,1-2H3,(H,23,24);1H. The molecule has 6 heteroatoms. The molecule has 0 radical (unpaired) electrons. The second kappa shape index (κ2) is 11.3. The number of nitrogens with zero attached hydrogens (tertiary/aromatic N) is 2. The monoisotopic (exact) mass is 495 g/mol. The summed E-state index contributed by atoms with van der Waals surface area (Å²) in [5.41, 5.74) is 2.16. The molecule has 1 fully saturated rings. The number of aliphatic hydroxyl groups excluding tert-OH is 1. The lowest BCUT2D eigenvalue weighted by Gasteiger charge is -2.32. The van der Waals surface area contributed by atoms with Crippen LogP contribution in [0.5, 0.6) is 11.5 Å². The quantitative estimate of drug-likeness (QED) is 0.369. The number of aryl methyl sites for hydroxylation is 1. The van der Waals surface area contributed by atoms with Crippen LogP contribution in [-0.4, -0.2) is 41.7 Å². The number of halogens is 1. The molecular weight excluding hydrogens is 465 g/mol. The zero-order valence-corrected chi connectivity index (χ0v) is 18.9. The summed E-state index contributed by atoms with van der Waals surface area (Å²) in [6.07, 6.45) is 1.39. The molecule has 152 valence electrons. The Hall–Kier alpha value is -1.80. The molecule has 2 aromatic rings. The van der Waals surface area contributed by atoms with Gasteiger partial charge in [0.1, 0.15) is 11.5 Å². The van der Waals surface area contributed by atoms with Gasteiger partial charge in [0, 0.05) is 25.2 Å². The third-order valence-electron chi connectivity index (χ3n) is 4.78. The predicted octanol–water partition coefficient (Wildman–Crippen LogP) is 4.33. The number of hydrogen-bond acceptors (Lipinski definition) is 3. The van der Waals surface area contributed by atoms with Gasteiger partial charge < -0.3 is 20.1 Å². The van der Waals surface area contributed by atoms with Gasteiger partial charge in [-0.2, -0.15) is 0 Å². The number of benzene rings is 2. The van der Waals surface area contributed by atoms with Gasteiger partial charge in [-0.3, -0.25) is 0 Å². The van der Waals surface area contributed by atoms with Crippen LogP contribution in [0.3, 0.4) is 0 Å². The molecule has 0 bridgehead atoms. The zero-order valence-electron chi connectivity index (χ0n) is 16.6. The largest absolute Gasteiger partial charge is 0.457 e. The van der Waals surface area contributed by atoms with Gasteiger partial charge in [0.25, 0.3) is 0 Å². The van der Waals surface area contributed by atoms with Crippen LogP contribution < -0.4 is 10.1 Å². The van der Waals surface area contributed by atoms with Gasteiger partial charge in [0.2, 0.25) is 0 Å². The molecule has 5 nitrogen and oxygen atoms in total. The summed E-state index contributed by atoms with van der Waals surface area (Å²) in [6.45, 7) is 7.14. The van der Waals surface area contributed by atoms with Crippen molar-refractivity contribution < 1.29 is 9.84 Å². The lowest BCUT2D eigenvalue weighted by Crippen LogP contribution is -2.46. The van der Waals surface area contributed by atoms with Crippen molar-refractivity contribution in [2.24, 2.45) is 4.99 Å². The van der Waals surface area contributed by atoms with Gasteiger partial charge in [-0.25, -0.2) is 4.99 Å². The highest BCUT2D eigenvalue weighted by Gasteiger charge is 2.19. The molecule has 28 heavy (non-hydrogen) atoms. The van der Waals surface area contributed by atoms with E-state index in [1.807, 2.05) is 49.4 Å². The minimum absolute atomic E-state index is 0. The number of piperidine rings is 1. The number of para-hydroxylation sites is 2. The minimum Gasteiger partial charge on any atom is -0.457 e. The molecule has 0 aliphatic carbocycles. The van der Waals surface area contributed by atoms with E-state index in [9.17, 15) is 5.11 Å². The van der Waals surface area contributed by atoms with Gasteiger partial charge in [-0.05, 0) is 44.4 Å². The Bertz CT molecular complexity index is 774. The van der Waals surface area contributed by atoms with Gasteiger partial charge in [-0.1, -0.05) is 36.4 Å². The van der Waals surface area contributed by atoms with Crippen molar-refractivity contribution in [1.82, 2.24) is 10.2 Å². The normalized spacial score (nSPS) is 15.1. The van der Waals surface area contributed by atoms with Crippen LogP contribution in [0.1, 0.15) is 30.9 Å². The Kier molecular flexibility index (Phi) is 9.05. The average molecular weight is 495 g/mol. The summed E-state index contributed by atoms with van der Waals surface area (Å²) in [5, 5.41) is 13.1. The van der Waals surface area contributed by atoms with Crippen molar-refractivity contribution in [3.8, 4) is 11.5 Å². The SMILES string of the molecule is CCNC(=NCc1ccccc1Oc1ccccc1C)N1CCC(O)CC1.I. The van der Waals surface area contributed by atoms with Gasteiger partial charge >= 0.3 is 0 Å². The maximum atomic E-state index is 9.74. The number of aliphatic hydroxyl groups is 1. The second-order valence-corrected chi connectivity index (χ2v) is 6.86. The fourth-order valence-electron chi connectivity index (χ4n) is 3.19. The Labute approximate surface area is 184 Å². The first-order valence-electron chi connectivity index (χ1n) is 9.70. The predicted molar refractivity (Wildman–Crippen MR) is 125 cm³/mol. The van der Waals surface area contributed by atoms with Crippen LogP contribution >= 0.6 is 24.0 Å². The third kappa shape index (κ3) is 6.10. The van der Waals surface area contributed by atoms with Crippen LogP contribution in [0.2, 0.25) is 0 Å². The molecule has 3 rings (SSSR count). The molecule has 1 aliphatic rings. The minimum atomic E-state index is -0.188. The maximum Gasteiger partial charge on any atom is 0.194 e. The van der Waals surface area contributed by atoms with Gasteiger partial charge in [0.15, 0.2) is 5.96 Å². The highest BCUT2D eigenvalue weighted by molar-refractivity contribution is 14.0. The van der Waals surface area contributed by atoms with E-state index >= 15 is 0 Å². The molecule has 0 unspecified atom stereocenters. The molecule has 0 spiro atoms. The van der Waals surface area contributed by atoms with E-state index in [1.54, 1.807) is 0 Å². The zero-order chi connectivity index (χ0) is 19.1. The summed E-state index contributed by atoms with van der Waals surface area (Å²) in [7, 11) is 0. The van der Waals surface area contributed by atoms with E-state index in [1.165, 1.54) is 0 Å². The fraction of sp³-hybridized carbons (Fsp3) is 0.409. The summed E-state index contributed by atoms with van der Waals surface area (Å²) in [4.78, 5) is 7.05. The van der Waals surface area contributed by atoms with Crippen LogP contribution in [0.4, 0.5) is 0 Å². The first-order valence-corrected chi connectivity index (χ1v) is 9.70. The van der Waals surface area contributed by atoms with Crippen LogP contribution in [0, 0.1) is 6.92 Å². The molecular formula is C22H30IN3O2. The molecule has 1 heterocycles. The van der Waals surface area contributed by atoms with Crippen molar-refractivity contribution in [2.75, 3.05) is 19.6 Å². The Morgan fingerprint density at radius 1 is 1.11 bits per heavy atom. The third-order valence-corrected chi connectivity index (χ3v) is 4.78. The number of hydrogen-bond donors (Lipinski definition) is 2. The lowest BCUT2D eigenvalue weighted by molar-refractivity contribution is 0.108. The van der Waals surface area contributed by atoms with E-state index in [-0.39, 0.29) is 30.1 Å². The van der Waals surface area contributed by atoms with Crippen molar-refractivity contribution in [1.29, 1.82) is 0 Å². The Morgan fingerprint density at radius 3 is 2.43 bits per heavy atom.